The number of benzene rings is 2. The van der Waals surface area contributed by atoms with Crippen molar-refractivity contribution in [1.29, 1.82) is 0 Å². The summed E-state index contributed by atoms with van der Waals surface area (Å²) in [7, 11) is 0. The molecule has 0 aliphatic carbocycles. The van der Waals surface area contributed by atoms with E-state index in [0.29, 0.717) is 21.4 Å². The summed E-state index contributed by atoms with van der Waals surface area (Å²) in [5.74, 6) is -0.825. The first kappa shape index (κ1) is 19.4. The molecule has 0 bridgehead atoms. The Morgan fingerprint density at radius 2 is 1.72 bits per heavy atom. The minimum Gasteiger partial charge on any atom is -0.508 e. The van der Waals surface area contributed by atoms with E-state index in [9.17, 15) is 15.0 Å². The van der Waals surface area contributed by atoms with E-state index in [1.165, 1.54) is 31.2 Å². The third-order valence-electron chi connectivity index (χ3n) is 3.91. The average molecular weight is 385 g/mol. The fraction of sp³-hybridized carbons (Fsp3) is 0.278. The van der Waals surface area contributed by atoms with Gasteiger partial charge in [-0.05, 0) is 50.2 Å². The van der Waals surface area contributed by atoms with E-state index in [2.05, 4.69) is 0 Å². The molecule has 134 valence electrons. The standard InChI is InChI=1S/C18H18Cl2O5/c1-11(24-10-14-15(19)4-3-5-16(14)20)18(2,17(22)23)25-13-8-6-12(21)7-9-13/h3-9,11,21H,10H2,1-2H3,(H,22,23). The van der Waals surface area contributed by atoms with E-state index < -0.39 is 17.7 Å². The van der Waals surface area contributed by atoms with Crippen molar-refractivity contribution in [2.75, 3.05) is 0 Å². The third kappa shape index (κ3) is 4.57. The van der Waals surface area contributed by atoms with Crippen LogP contribution in [0.25, 0.3) is 0 Å². The van der Waals surface area contributed by atoms with Crippen molar-refractivity contribution in [2.24, 2.45) is 0 Å². The molecule has 2 unspecified atom stereocenters. The van der Waals surface area contributed by atoms with Gasteiger partial charge >= 0.3 is 5.97 Å². The predicted molar refractivity (Wildman–Crippen MR) is 95.5 cm³/mol. The summed E-state index contributed by atoms with van der Waals surface area (Å²) in [6.45, 7) is 3.06. The lowest BCUT2D eigenvalue weighted by Crippen LogP contribution is -2.51. The number of hydrogen-bond acceptors (Lipinski definition) is 4. The highest BCUT2D eigenvalue weighted by molar-refractivity contribution is 6.35. The van der Waals surface area contributed by atoms with Gasteiger partial charge in [0.15, 0.2) is 0 Å². The SMILES string of the molecule is CC(OCc1c(Cl)cccc1Cl)C(C)(Oc1ccc(O)cc1)C(=O)O. The van der Waals surface area contributed by atoms with Crippen molar-refractivity contribution in [2.45, 2.75) is 32.2 Å². The molecule has 0 amide bonds. The first-order valence-corrected chi connectivity index (χ1v) is 8.25. The fourth-order valence-corrected chi connectivity index (χ4v) is 2.60. The van der Waals surface area contributed by atoms with E-state index >= 15 is 0 Å². The normalized spacial score (nSPS) is 14.6. The molecule has 0 aliphatic rings. The maximum Gasteiger partial charge on any atom is 0.350 e. The Morgan fingerprint density at radius 3 is 2.24 bits per heavy atom. The van der Waals surface area contributed by atoms with Gasteiger partial charge in [-0.2, -0.15) is 0 Å². The number of hydrogen-bond donors (Lipinski definition) is 2. The van der Waals surface area contributed by atoms with Gasteiger partial charge in [-0.3, -0.25) is 0 Å². The highest BCUT2D eigenvalue weighted by atomic mass is 35.5. The summed E-state index contributed by atoms with van der Waals surface area (Å²) in [6.07, 6.45) is -0.814. The number of carboxylic acids is 1. The molecule has 2 aromatic rings. The second-order valence-corrected chi connectivity index (χ2v) is 6.48. The van der Waals surface area contributed by atoms with Crippen LogP contribution in [0.1, 0.15) is 19.4 Å². The van der Waals surface area contributed by atoms with Gasteiger partial charge in [0.05, 0.1) is 6.61 Å². The van der Waals surface area contributed by atoms with E-state index in [-0.39, 0.29) is 12.4 Å². The quantitative estimate of drug-likeness (QED) is 0.733. The van der Waals surface area contributed by atoms with Gasteiger partial charge in [0.25, 0.3) is 0 Å². The molecule has 0 aliphatic heterocycles. The summed E-state index contributed by atoms with van der Waals surface area (Å²) in [4.78, 5) is 11.8. The van der Waals surface area contributed by atoms with Crippen LogP contribution < -0.4 is 4.74 Å². The van der Waals surface area contributed by atoms with Gasteiger partial charge in [0.1, 0.15) is 17.6 Å². The minimum atomic E-state index is -1.65. The number of aromatic hydroxyl groups is 1. The van der Waals surface area contributed by atoms with E-state index in [1.807, 2.05) is 0 Å². The van der Waals surface area contributed by atoms with Crippen molar-refractivity contribution in [3.8, 4) is 11.5 Å². The molecule has 7 heteroatoms. The second-order valence-electron chi connectivity index (χ2n) is 5.66. The van der Waals surface area contributed by atoms with Crippen molar-refractivity contribution in [3.63, 3.8) is 0 Å². The van der Waals surface area contributed by atoms with E-state index in [4.69, 9.17) is 32.7 Å². The fourth-order valence-electron chi connectivity index (χ4n) is 2.10. The zero-order valence-electron chi connectivity index (χ0n) is 13.7. The molecule has 0 spiro atoms. The van der Waals surface area contributed by atoms with Crippen molar-refractivity contribution in [1.82, 2.24) is 0 Å². The highest BCUT2D eigenvalue weighted by Gasteiger charge is 2.43. The van der Waals surface area contributed by atoms with Crippen LogP contribution in [0.15, 0.2) is 42.5 Å². The van der Waals surface area contributed by atoms with Crippen molar-refractivity contribution < 1.29 is 24.5 Å². The summed E-state index contributed by atoms with van der Waals surface area (Å²) in [5, 5.41) is 19.8. The smallest absolute Gasteiger partial charge is 0.350 e. The largest absolute Gasteiger partial charge is 0.508 e. The molecule has 0 aromatic heterocycles. The van der Waals surface area contributed by atoms with Crippen LogP contribution in [-0.4, -0.2) is 27.9 Å². The van der Waals surface area contributed by atoms with Crippen LogP contribution >= 0.6 is 23.2 Å². The Balaban J connectivity index is 2.15. The Labute approximate surface area is 155 Å². The number of carbonyl (C=O) groups is 1. The number of carboxylic acid groups (broad SMARTS) is 1. The minimum absolute atomic E-state index is 0.0431. The van der Waals surface area contributed by atoms with Crippen LogP contribution in [0.5, 0.6) is 11.5 Å². The zero-order chi connectivity index (χ0) is 18.6. The van der Waals surface area contributed by atoms with Gasteiger partial charge in [-0.1, -0.05) is 29.3 Å². The predicted octanol–water partition coefficient (Wildman–Crippen LogP) is 4.53. The molecule has 0 fully saturated rings. The third-order valence-corrected chi connectivity index (χ3v) is 4.61. The number of phenolic OH excluding ortho intramolecular Hbond substituents is 1. The lowest BCUT2D eigenvalue weighted by molar-refractivity contribution is -0.168. The summed E-state index contributed by atoms with van der Waals surface area (Å²) >= 11 is 12.2. The molecule has 0 saturated carbocycles. The van der Waals surface area contributed by atoms with E-state index in [1.54, 1.807) is 25.1 Å². The van der Waals surface area contributed by atoms with Gasteiger partial charge in [-0.25, -0.2) is 4.79 Å². The molecule has 5 nitrogen and oxygen atoms in total. The molecule has 2 atom stereocenters. The van der Waals surface area contributed by atoms with Gasteiger partial charge in [0.2, 0.25) is 5.60 Å². The first-order chi connectivity index (χ1) is 11.7. The summed E-state index contributed by atoms with van der Waals surface area (Å²) in [5.41, 5.74) is -1.07. The Kier molecular flexibility index (Phi) is 6.16. The molecular formula is C18H18Cl2O5. The zero-order valence-corrected chi connectivity index (χ0v) is 15.2. The maximum absolute atomic E-state index is 11.8. The number of rotatable bonds is 7. The van der Waals surface area contributed by atoms with Crippen LogP contribution in [0.4, 0.5) is 0 Å². The molecule has 0 radical (unpaired) electrons. The number of phenols is 1. The van der Waals surface area contributed by atoms with E-state index in [0.717, 1.165) is 0 Å². The Bertz CT molecular complexity index is 727. The lowest BCUT2D eigenvalue weighted by Gasteiger charge is -2.32. The maximum atomic E-state index is 11.8. The highest BCUT2D eigenvalue weighted by Crippen LogP contribution is 2.29. The van der Waals surface area contributed by atoms with Gasteiger partial charge < -0.3 is 19.7 Å². The van der Waals surface area contributed by atoms with Crippen LogP contribution in [-0.2, 0) is 16.1 Å². The number of halogens is 2. The number of aliphatic carboxylic acids is 1. The lowest BCUT2D eigenvalue weighted by atomic mass is 10.00. The summed E-state index contributed by atoms with van der Waals surface area (Å²) < 4.78 is 11.3. The van der Waals surface area contributed by atoms with Crippen LogP contribution in [0.2, 0.25) is 10.0 Å². The molecule has 2 rings (SSSR count). The Hall–Kier alpha value is -1.95. The van der Waals surface area contributed by atoms with Crippen molar-refractivity contribution >= 4 is 29.2 Å². The average Bonchev–Trinajstić information content (AvgIpc) is 2.56. The van der Waals surface area contributed by atoms with Gasteiger partial charge in [-0.15, -0.1) is 0 Å². The van der Waals surface area contributed by atoms with Crippen molar-refractivity contribution in [3.05, 3.63) is 58.1 Å². The molecule has 0 saturated heterocycles. The topological polar surface area (TPSA) is 76.0 Å². The van der Waals surface area contributed by atoms with Gasteiger partial charge in [0, 0.05) is 15.6 Å². The molecule has 0 heterocycles. The monoisotopic (exact) mass is 384 g/mol. The summed E-state index contributed by atoms with van der Waals surface area (Å²) in [6, 6.07) is 10.9. The first-order valence-electron chi connectivity index (χ1n) is 7.50. The molecule has 2 N–H and O–H groups in total. The molecule has 25 heavy (non-hydrogen) atoms. The molecular weight excluding hydrogens is 367 g/mol. The second kappa shape index (κ2) is 7.95. The van der Waals surface area contributed by atoms with Crippen LogP contribution in [0, 0.1) is 0 Å². The Morgan fingerprint density at radius 1 is 1.16 bits per heavy atom. The van der Waals surface area contributed by atoms with Crippen LogP contribution in [0.3, 0.4) is 0 Å². The molecule has 2 aromatic carbocycles. The number of ether oxygens (including phenoxy) is 2.